The molecule has 2 aromatic carbocycles. The van der Waals surface area contributed by atoms with Crippen LogP contribution in [-0.2, 0) is 4.74 Å². The topological polar surface area (TPSA) is 71.5 Å². The maximum atomic E-state index is 12.1. The fraction of sp³-hybridized carbons (Fsp3) is 0.167. The van der Waals surface area contributed by atoms with Crippen LogP contribution in [0.4, 0.5) is 4.79 Å². The minimum atomic E-state index is -0.414. The number of hydrogen-bond donors (Lipinski definition) is 2. The van der Waals surface area contributed by atoms with Crippen LogP contribution in [0.25, 0.3) is 17.2 Å². The quantitative estimate of drug-likeness (QED) is 0.601. The fourth-order valence-corrected chi connectivity index (χ4v) is 3.61. The summed E-state index contributed by atoms with van der Waals surface area (Å²) in [4.78, 5) is 16.2. The largest absolute Gasteiger partial charge is 0.506 e. The Morgan fingerprint density at radius 1 is 1.03 bits per heavy atom. The number of benzene rings is 2. The van der Waals surface area contributed by atoms with Crippen LogP contribution in [0.3, 0.4) is 0 Å². The van der Waals surface area contributed by atoms with Gasteiger partial charge in [-0.15, -0.1) is 0 Å². The molecule has 1 aromatic heterocycles. The third kappa shape index (κ3) is 4.29. The summed E-state index contributed by atoms with van der Waals surface area (Å²) in [5, 5.41) is 12.0. The summed E-state index contributed by atoms with van der Waals surface area (Å²) in [6.45, 7) is 0.790. The number of aromatic hydroxyl groups is 1. The average Bonchev–Trinajstić information content (AvgIpc) is 3.07. The van der Waals surface area contributed by atoms with Crippen molar-refractivity contribution in [1.82, 2.24) is 10.3 Å². The molecule has 1 aliphatic rings. The van der Waals surface area contributed by atoms with Gasteiger partial charge in [0.25, 0.3) is 0 Å². The molecule has 29 heavy (non-hydrogen) atoms. The molecular weight excluding hydrogens is 364 g/mol. The lowest BCUT2D eigenvalue weighted by Crippen LogP contribution is -2.26. The highest BCUT2D eigenvalue weighted by Crippen LogP contribution is 2.44. The van der Waals surface area contributed by atoms with E-state index in [9.17, 15) is 9.90 Å². The van der Waals surface area contributed by atoms with Crippen LogP contribution in [0.15, 0.2) is 72.9 Å². The molecule has 0 atom stereocenters. The zero-order valence-electron chi connectivity index (χ0n) is 15.9. The minimum absolute atomic E-state index is 0.0635. The average molecular weight is 386 g/mol. The predicted molar refractivity (Wildman–Crippen MR) is 113 cm³/mol. The van der Waals surface area contributed by atoms with Gasteiger partial charge in [-0.05, 0) is 46.9 Å². The van der Waals surface area contributed by atoms with Crippen molar-refractivity contribution in [2.24, 2.45) is 0 Å². The Labute approximate surface area is 169 Å². The van der Waals surface area contributed by atoms with Gasteiger partial charge in [-0.2, -0.15) is 0 Å². The van der Waals surface area contributed by atoms with E-state index in [4.69, 9.17) is 4.74 Å². The first-order chi connectivity index (χ1) is 14.2. The lowest BCUT2D eigenvalue weighted by atomic mass is 9.98. The van der Waals surface area contributed by atoms with Gasteiger partial charge in [0.2, 0.25) is 0 Å². The van der Waals surface area contributed by atoms with E-state index >= 15 is 0 Å². The maximum Gasteiger partial charge on any atom is 0.407 e. The Hall–Kier alpha value is -3.60. The molecule has 0 saturated carbocycles. The van der Waals surface area contributed by atoms with Gasteiger partial charge in [-0.25, -0.2) is 4.79 Å². The first-order valence-electron chi connectivity index (χ1n) is 9.63. The maximum absolute atomic E-state index is 12.1. The number of aromatic nitrogens is 1. The van der Waals surface area contributed by atoms with Crippen LogP contribution >= 0.6 is 0 Å². The van der Waals surface area contributed by atoms with Crippen LogP contribution < -0.4 is 5.32 Å². The van der Waals surface area contributed by atoms with E-state index in [-0.39, 0.29) is 11.7 Å². The number of nitrogens with one attached hydrogen (secondary N) is 1. The normalized spacial score (nSPS) is 12.6. The number of hydrogen-bond acceptors (Lipinski definition) is 4. The molecule has 0 aliphatic heterocycles. The highest BCUT2D eigenvalue weighted by Gasteiger charge is 2.28. The van der Waals surface area contributed by atoms with Crippen molar-refractivity contribution in [3.05, 3.63) is 89.8 Å². The summed E-state index contributed by atoms with van der Waals surface area (Å²) in [5.74, 6) is 0.202. The van der Waals surface area contributed by atoms with Gasteiger partial charge in [-0.3, -0.25) is 4.98 Å². The number of amides is 1. The predicted octanol–water partition coefficient (Wildman–Crippen LogP) is 4.73. The highest BCUT2D eigenvalue weighted by atomic mass is 16.5. The number of pyridine rings is 1. The van der Waals surface area contributed by atoms with E-state index in [1.807, 2.05) is 36.4 Å². The van der Waals surface area contributed by atoms with Crippen molar-refractivity contribution in [2.45, 2.75) is 12.3 Å². The van der Waals surface area contributed by atoms with Crippen LogP contribution in [-0.4, -0.2) is 29.3 Å². The van der Waals surface area contributed by atoms with E-state index in [1.165, 1.54) is 28.5 Å². The molecule has 1 aliphatic carbocycles. The third-order valence-corrected chi connectivity index (χ3v) is 4.98. The van der Waals surface area contributed by atoms with Gasteiger partial charge in [0.05, 0.1) is 11.9 Å². The molecule has 0 saturated heterocycles. The Kier molecular flexibility index (Phi) is 5.56. The monoisotopic (exact) mass is 386 g/mol. The van der Waals surface area contributed by atoms with Gasteiger partial charge in [-0.1, -0.05) is 54.6 Å². The molecule has 4 rings (SSSR count). The Morgan fingerprint density at radius 3 is 2.38 bits per heavy atom. The number of ether oxygens (including phenoxy) is 1. The number of nitrogens with zero attached hydrogens (tertiary/aromatic N) is 1. The highest BCUT2D eigenvalue weighted by molar-refractivity contribution is 5.79. The van der Waals surface area contributed by atoms with Gasteiger partial charge < -0.3 is 15.2 Å². The molecule has 0 bridgehead atoms. The van der Waals surface area contributed by atoms with Gasteiger partial charge in [0.1, 0.15) is 12.4 Å². The second-order valence-corrected chi connectivity index (χ2v) is 6.88. The molecule has 2 N–H and O–H groups in total. The first-order valence-corrected chi connectivity index (χ1v) is 9.63. The Bertz CT molecular complexity index is 983. The lowest BCUT2D eigenvalue weighted by molar-refractivity contribution is 0.143. The van der Waals surface area contributed by atoms with Crippen molar-refractivity contribution < 1.29 is 14.6 Å². The third-order valence-electron chi connectivity index (χ3n) is 4.98. The molecule has 1 amide bonds. The van der Waals surface area contributed by atoms with E-state index in [1.54, 1.807) is 12.1 Å². The molecule has 0 fully saturated rings. The summed E-state index contributed by atoms with van der Waals surface area (Å²) in [6.07, 6.45) is 5.41. The van der Waals surface area contributed by atoms with Gasteiger partial charge >= 0.3 is 6.09 Å². The first kappa shape index (κ1) is 18.7. The standard InChI is InChI=1S/C24H22N2O3/c27-18-13-12-17(26-15-18)7-5-6-14-25-24(28)29-16-23-21-10-3-1-8-19(21)20-9-2-4-11-22(20)23/h1-5,7-13,15,23,27H,6,14,16H2,(H,25,28). The van der Waals surface area contributed by atoms with Crippen molar-refractivity contribution in [2.75, 3.05) is 13.2 Å². The second kappa shape index (κ2) is 8.61. The van der Waals surface area contributed by atoms with Crippen molar-refractivity contribution in [3.8, 4) is 16.9 Å². The molecule has 0 unspecified atom stereocenters. The molecule has 5 nitrogen and oxygen atoms in total. The van der Waals surface area contributed by atoms with Gasteiger partial charge in [0.15, 0.2) is 0 Å². The SMILES string of the molecule is O=C(NCCC=Cc1ccc(O)cn1)OCC1c2ccccc2-c2ccccc21. The van der Waals surface area contributed by atoms with Crippen molar-refractivity contribution in [3.63, 3.8) is 0 Å². The number of carbonyl (C=O) groups excluding carboxylic acids is 1. The number of alkyl carbamates (subject to hydrolysis) is 1. The van der Waals surface area contributed by atoms with Crippen LogP contribution in [0, 0.1) is 0 Å². The van der Waals surface area contributed by atoms with E-state index in [2.05, 4.69) is 34.6 Å². The summed E-state index contributed by atoms with van der Waals surface area (Å²) in [6, 6.07) is 19.9. The van der Waals surface area contributed by atoms with Crippen LogP contribution in [0.1, 0.15) is 29.2 Å². The molecule has 0 radical (unpaired) electrons. The molecule has 0 spiro atoms. The van der Waals surface area contributed by atoms with Crippen LogP contribution in [0.2, 0.25) is 0 Å². The van der Waals surface area contributed by atoms with E-state index in [0.29, 0.717) is 19.6 Å². The summed E-state index contributed by atoms with van der Waals surface area (Å²) in [5.41, 5.74) is 5.58. The number of fused-ring (bicyclic) bond motifs is 3. The molecule has 3 aromatic rings. The van der Waals surface area contributed by atoms with Crippen molar-refractivity contribution in [1.29, 1.82) is 0 Å². The molecular formula is C24H22N2O3. The fourth-order valence-electron chi connectivity index (χ4n) is 3.61. The minimum Gasteiger partial charge on any atom is -0.506 e. The zero-order chi connectivity index (χ0) is 20.1. The van der Waals surface area contributed by atoms with Crippen molar-refractivity contribution >= 4 is 12.2 Å². The summed E-state index contributed by atoms with van der Waals surface area (Å²) < 4.78 is 5.50. The summed E-state index contributed by atoms with van der Waals surface area (Å²) >= 11 is 0. The van der Waals surface area contributed by atoms with E-state index < -0.39 is 6.09 Å². The second-order valence-electron chi connectivity index (χ2n) is 6.88. The summed E-state index contributed by atoms with van der Waals surface area (Å²) in [7, 11) is 0. The zero-order valence-corrected chi connectivity index (χ0v) is 15.9. The molecule has 1 heterocycles. The van der Waals surface area contributed by atoms with Crippen LogP contribution in [0.5, 0.6) is 5.75 Å². The lowest BCUT2D eigenvalue weighted by Gasteiger charge is -2.14. The van der Waals surface area contributed by atoms with Gasteiger partial charge in [0, 0.05) is 12.5 Å². The molecule has 5 heteroatoms. The Balaban J connectivity index is 1.27. The number of carbonyl (C=O) groups is 1. The smallest absolute Gasteiger partial charge is 0.407 e. The number of rotatable bonds is 6. The van der Waals surface area contributed by atoms with E-state index in [0.717, 1.165) is 5.69 Å². The Morgan fingerprint density at radius 2 is 1.72 bits per heavy atom. The molecule has 146 valence electrons.